The summed E-state index contributed by atoms with van der Waals surface area (Å²) in [4.78, 5) is 72.6. The monoisotopic (exact) mass is 644 g/mol. The highest BCUT2D eigenvalue weighted by atomic mass is 16.2. The molecule has 13 nitrogen and oxygen atoms in total. The summed E-state index contributed by atoms with van der Waals surface area (Å²) in [5.74, 6) is -1.34. The molecule has 13 heteroatoms. The van der Waals surface area contributed by atoms with Crippen molar-refractivity contribution >= 4 is 29.5 Å². The van der Waals surface area contributed by atoms with E-state index in [2.05, 4.69) is 31.3 Å². The molecule has 47 heavy (non-hydrogen) atoms. The Morgan fingerprint density at radius 3 is 2.28 bits per heavy atom. The van der Waals surface area contributed by atoms with Crippen molar-refractivity contribution in [2.75, 3.05) is 19.6 Å². The third-order valence-electron chi connectivity index (χ3n) is 7.81. The second kappa shape index (κ2) is 16.0. The molecule has 0 fully saturated rings. The maximum absolute atomic E-state index is 13.6. The molecule has 1 aromatic heterocycles. The minimum atomic E-state index is -0.976. The number of aromatic nitrogens is 3. The van der Waals surface area contributed by atoms with Crippen molar-refractivity contribution in [3.8, 4) is 11.4 Å². The first-order valence-corrected chi connectivity index (χ1v) is 15.9. The Labute approximate surface area is 274 Å². The van der Waals surface area contributed by atoms with Gasteiger partial charge in [0, 0.05) is 24.2 Å². The Kier molecular flexibility index (Phi) is 11.8. The van der Waals surface area contributed by atoms with Gasteiger partial charge < -0.3 is 26.2 Å². The van der Waals surface area contributed by atoms with Gasteiger partial charge in [0.1, 0.15) is 24.5 Å². The van der Waals surface area contributed by atoms with Gasteiger partial charge in [0.05, 0.1) is 12.6 Å². The molecule has 0 bridgehead atoms. The van der Waals surface area contributed by atoms with E-state index in [-0.39, 0.29) is 43.9 Å². The molecule has 4 N–H and O–H groups in total. The number of carbonyl (C=O) groups excluding carboxylic acids is 5. The molecule has 0 unspecified atom stereocenters. The molecule has 1 aliphatic heterocycles. The lowest BCUT2D eigenvalue weighted by Crippen LogP contribution is -2.54. The third kappa shape index (κ3) is 9.47. The minimum absolute atomic E-state index is 0.0610. The van der Waals surface area contributed by atoms with Gasteiger partial charge in [-0.05, 0) is 51.2 Å². The minimum Gasteiger partial charge on any atom is -0.354 e. The molecule has 3 atom stereocenters. The van der Waals surface area contributed by atoms with Gasteiger partial charge in [-0.1, -0.05) is 62.4 Å². The van der Waals surface area contributed by atoms with E-state index in [1.165, 1.54) is 16.5 Å². The smallest absolute Gasteiger partial charge is 0.254 e. The summed E-state index contributed by atoms with van der Waals surface area (Å²) < 4.78 is 1.46. The van der Waals surface area contributed by atoms with Crippen molar-refractivity contribution in [1.29, 1.82) is 0 Å². The zero-order valence-electron chi connectivity index (χ0n) is 27.6. The quantitative estimate of drug-likeness (QED) is 0.338. The summed E-state index contributed by atoms with van der Waals surface area (Å²) in [6.45, 7) is 8.91. The highest BCUT2D eigenvalue weighted by molar-refractivity contribution is 5.98. The number of hydrogen-bond donors (Lipinski definition) is 4. The zero-order valence-corrected chi connectivity index (χ0v) is 27.6. The largest absolute Gasteiger partial charge is 0.354 e. The first-order chi connectivity index (χ1) is 22.4. The third-order valence-corrected chi connectivity index (χ3v) is 7.81. The maximum Gasteiger partial charge on any atom is 0.254 e. The van der Waals surface area contributed by atoms with Gasteiger partial charge in [0.15, 0.2) is 5.82 Å². The van der Waals surface area contributed by atoms with Gasteiger partial charge in [0.25, 0.3) is 5.91 Å². The molecule has 5 amide bonds. The van der Waals surface area contributed by atoms with E-state index in [4.69, 9.17) is 0 Å². The van der Waals surface area contributed by atoms with Crippen LogP contribution in [-0.4, -0.2) is 80.9 Å². The normalized spacial score (nSPS) is 20.6. The molecular formula is C34H44N8O5. The van der Waals surface area contributed by atoms with E-state index in [1.54, 1.807) is 19.1 Å². The lowest BCUT2D eigenvalue weighted by molar-refractivity contribution is -0.132. The summed E-state index contributed by atoms with van der Waals surface area (Å²) in [5, 5.41) is 15.8. The first kappa shape index (κ1) is 34.8. The summed E-state index contributed by atoms with van der Waals surface area (Å²) in [7, 11) is 0. The summed E-state index contributed by atoms with van der Waals surface area (Å²) in [6, 6.07) is 13.9. The van der Waals surface area contributed by atoms with Crippen LogP contribution in [0.1, 0.15) is 68.3 Å². The van der Waals surface area contributed by atoms with Crippen LogP contribution < -0.4 is 21.3 Å². The van der Waals surface area contributed by atoms with E-state index in [0.717, 1.165) is 11.1 Å². The fourth-order valence-corrected chi connectivity index (χ4v) is 5.33. The molecule has 0 saturated heterocycles. The zero-order chi connectivity index (χ0) is 34.1. The fourth-order valence-electron chi connectivity index (χ4n) is 5.33. The van der Waals surface area contributed by atoms with Crippen LogP contribution in [0.4, 0.5) is 0 Å². The number of rotatable bonds is 4. The van der Waals surface area contributed by atoms with Crippen LogP contribution >= 0.6 is 0 Å². The van der Waals surface area contributed by atoms with Crippen LogP contribution in [0.15, 0.2) is 54.6 Å². The van der Waals surface area contributed by atoms with Crippen LogP contribution in [0, 0.1) is 12.8 Å². The Bertz CT molecular complexity index is 1590. The Morgan fingerprint density at radius 2 is 1.57 bits per heavy atom. The van der Waals surface area contributed by atoms with E-state index < -0.39 is 35.8 Å². The van der Waals surface area contributed by atoms with Crippen LogP contribution in [-0.2, 0) is 25.7 Å². The average molecular weight is 645 g/mol. The predicted octanol–water partition coefficient (Wildman–Crippen LogP) is 2.13. The van der Waals surface area contributed by atoms with Gasteiger partial charge in [-0.2, -0.15) is 5.10 Å². The van der Waals surface area contributed by atoms with E-state index in [1.807, 2.05) is 63.2 Å². The molecule has 3 aromatic rings. The van der Waals surface area contributed by atoms with Crippen molar-refractivity contribution in [3.63, 3.8) is 0 Å². The Morgan fingerprint density at radius 1 is 0.872 bits per heavy atom. The SMILES string of the molecule is Cc1ccccc1C(=O)N1CCCNC(=O)Cn2nc(-c3ccccc3)nc2[C@H](C)NC(=O)[C@@H](CC(C)C)NC(=O)[C@@H](C)NC(=O)C1. The van der Waals surface area contributed by atoms with Gasteiger partial charge in [-0.25, -0.2) is 9.67 Å². The molecule has 2 aromatic carbocycles. The Hall–Kier alpha value is -5.07. The molecule has 4 rings (SSSR count). The number of benzene rings is 2. The second-order valence-corrected chi connectivity index (χ2v) is 12.3. The molecule has 0 radical (unpaired) electrons. The lowest BCUT2D eigenvalue weighted by Gasteiger charge is -2.25. The van der Waals surface area contributed by atoms with Gasteiger partial charge >= 0.3 is 0 Å². The van der Waals surface area contributed by atoms with Crippen molar-refractivity contribution in [1.82, 2.24) is 40.9 Å². The highest BCUT2D eigenvalue weighted by Crippen LogP contribution is 2.20. The van der Waals surface area contributed by atoms with E-state index in [0.29, 0.717) is 30.1 Å². The van der Waals surface area contributed by atoms with Gasteiger partial charge in [-0.15, -0.1) is 0 Å². The average Bonchev–Trinajstić information content (AvgIpc) is 3.45. The fraction of sp³-hybridized carbons (Fsp3) is 0.441. The molecule has 0 aliphatic carbocycles. The second-order valence-electron chi connectivity index (χ2n) is 12.3. The molecular weight excluding hydrogens is 600 g/mol. The van der Waals surface area contributed by atoms with Crippen LogP contribution in [0.25, 0.3) is 11.4 Å². The highest BCUT2D eigenvalue weighted by Gasteiger charge is 2.29. The van der Waals surface area contributed by atoms with Crippen LogP contribution in [0.2, 0.25) is 0 Å². The molecule has 2 heterocycles. The van der Waals surface area contributed by atoms with E-state index in [9.17, 15) is 24.0 Å². The number of aryl methyl sites for hydroxylation is 1. The number of fused-ring (bicyclic) bond motifs is 1. The number of amides is 5. The van der Waals surface area contributed by atoms with Crippen molar-refractivity contribution in [3.05, 3.63) is 71.5 Å². The summed E-state index contributed by atoms with van der Waals surface area (Å²) in [5.41, 5.74) is 1.97. The molecule has 0 spiro atoms. The van der Waals surface area contributed by atoms with Crippen LogP contribution in [0.5, 0.6) is 0 Å². The van der Waals surface area contributed by atoms with Crippen molar-refractivity contribution < 1.29 is 24.0 Å². The number of hydrogen-bond acceptors (Lipinski definition) is 7. The predicted molar refractivity (Wildman–Crippen MR) is 176 cm³/mol. The van der Waals surface area contributed by atoms with Gasteiger partial charge in [-0.3, -0.25) is 24.0 Å². The summed E-state index contributed by atoms with van der Waals surface area (Å²) >= 11 is 0. The van der Waals surface area contributed by atoms with Gasteiger partial charge in [0.2, 0.25) is 23.6 Å². The number of nitrogens with one attached hydrogen (secondary N) is 4. The number of nitrogens with zero attached hydrogens (tertiary/aromatic N) is 4. The Balaban J connectivity index is 1.64. The standard InChI is InChI=1S/C34H44N8O5/c1-21(2)18-27-33(46)37-23(4)31-39-30(25-13-7-6-8-14-25)40-42(31)20-28(43)35-16-11-17-41(19-29(44)36-24(5)32(45)38-27)34(47)26-15-10-9-12-22(26)3/h6-10,12-15,21,23-24,27H,11,16-20H2,1-5H3,(H,35,43)(H,36,44)(H,37,46)(H,38,45)/t23-,24+,27+/m0/s1. The van der Waals surface area contributed by atoms with Crippen molar-refractivity contribution in [2.24, 2.45) is 5.92 Å². The van der Waals surface area contributed by atoms with Crippen LogP contribution in [0.3, 0.4) is 0 Å². The topological polar surface area (TPSA) is 167 Å². The van der Waals surface area contributed by atoms with Crippen molar-refractivity contribution in [2.45, 2.75) is 72.1 Å². The summed E-state index contributed by atoms with van der Waals surface area (Å²) in [6.07, 6.45) is 0.712. The molecule has 0 saturated carbocycles. The number of carbonyl (C=O) groups is 5. The maximum atomic E-state index is 13.6. The first-order valence-electron chi connectivity index (χ1n) is 15.9. The molecule has 1 aliphatic rings. The lowest BCUT2D eigenvalue weighted by atomic mass is 10.0. The molecule has 250 valence electrons. The van der Waals surface area contributed by atoms with E-state index >= 15 is 0 Å².